The summed E-state index contributed by atoms with van der Waals surface area (Å²) in [5.41, 5.74) is 2.47. The number of hydrogen-bond acceptors (Lipinski definition) is 4. The third-order valence-electron chi connectivity index (χ3n) is 6.06. The number of amides is 2. The molecule has 0 N–H and O–H groups in total. The number of likely N-dealkylation sites (tertiary alicyclic amines) is 2. The molecule has 0 bridgehead atoms. The predicted molar refractivity (Wildman–Crippen MR) is 106 cm³/mol. The minimum absolute atomic E-state index is 0.00145. The lowest BCUT2D eigenvalue weighted by Crippen LogP contribution is -2.44. The molecule has 0 aliphatic carbocycles. The minimum atomic E-state index is -0.00202. The summed E-state index contributed by atoms with van der Waals surface area (Å²) in [6.45, 7) is 6.49. The number of nitrogens with zero attached hydrogens (tertiary/aromatic N) is 4. The molecule has 2 fully saturated rings. The molecule has 0 radical (unpaired) electrons. The van der Waals surface area contributed by atoms with E-state index in [1.165, 1.54) is 0 Å². The largest absolute Gasteiger partial charge is 0.338 e. The van der Waals surface area contributed by atoms with Crippen LogP contribution >= 0.6 is 0 Å². The van der Waals surface area contributed by atoms with Crippen molar-refractivity contribution in [1.82, 2.24) is 19.8 Å². The summed E-state index contributed by atoms with van der Waals surface area (Å²) in [5.74, 6) is 0.902. The number of aromatic nitrogens is 2. The fourth-order valence-electron chi connectivity index (χ4n) is 4.41. The van der Waals surface area contributed by atoms with Crippen LogP contribution in [-0.4, -0.2) is 51.2 Å². The van der Waals surface area contributed by atoms with Crippen molar-refractivity contribution >= 4 is 11.8 Å². The van der Waals surface area contributed by atoms with Gasteiger partial charge in [-0.2, -0.15) is 0 Å². The lowest BCUT2D eigenvalue weighted by molar-refractivity contribution is -0.128. The van der Waals surface area contributed by atoms with E-state index in [0.29, 0.717) is 37.4 Å². The highest BCUT2D eigenvalue weighted by molar-refractivity contribution is 5.95. The molecule has 28 heavy (non-hydrogen) atoms. The Kier molecular flexibility index (Phi) is 4.87. The van der Waals surface area contributed by atoms with E-state index >= 15 is 0 Å². The average Bonchev–Trinajstić information content (AvgIpc) is 2.97. The van der Waals surface area contributed by atoms with Gasteiger partial charge < -0.3 is 9.80 Å². The van der Waals surface area contributed by atoms with E-state index in [1.807, 2.05) is 41.8 Å². The normalized spacial score (nSPS) is 18.7. The Hall–Kier alpha value is -2.76. The molecule has 1 aromatic heterocycles. The topological polar surface area (TPSA) is 66.4 Å². The van der Waals surface area contributed by atoms with E-state index in [-0.39, 0.29) is 17.2 Å². The maximum atomic E-state index is 12.9. The Labute approximate surface area is 165 Å². The number of hydrogen-bond donors (Lipinski definition) is 0. The van der Waals surface area contributed by atoms with Crippen molar-refractivity contribution in [2.75, 3.05) is 19.6 Å². The van der Waals surface area contributed by atoms with Crippen LogP contribution in [0.5, 0.6) is 0 Å². The van der Waals surface area contributed by atoms with Crippen LogP contribution in [0.25, 0.3) is 0 Å². The summed E-state index contributed by atoms with van der Waals surface area (Å²) in [6.07, 6.45) is 3.95. The van der Waals surface area contributed by atoms with Crippen LogP contribution in [0.2, 0.25) is 0 Å². The quantitative estimate of drug-likeness (QED) is 0.824. The van der Waals surface area contributed by atoms with Gasteiger partial charge in [0, 0.05) is 44.2 Å². The summed E-state index contributed by atoms with van der Waals surface area (Å²) in [7, 11) is 0. The molecule has 2 aromatic rings. The zero-order valence-corrected chi connectivity index (χ0v) is 16.5. The number of carbonyl (C=O) groups is 2. The van der Waals surface area contributed by atoms with Crippen LogP contribution < -0.4 is 0 Å². The Morgan fingerprint density at radius 1 is 1.14 bits per heavy atom. The standard InChI is InChI=1S/C22H26N4O2/c1-16-19(13-23-17(2)24-16)21(28)25-10-8-22(9-11-25)12-20(27)26(15-22)14-18-6-4-3-5-7-18/h3-7,13H,8-12,14-15H2,1-2H3. The lowest BCUT2D eigenvalue weighted by Gasteiger charge is -2.39. The van der Waals surface area contributed by atoms with Crippen molar-refractivity contribution in [3.63, 3.8) is 0 Å². The first-order valence-corrected chi connectivity index (χ1v) is 9.87. The molecule has 0 atom stereocenters. The lowest BCUT2D eigenvalue weighted by atomic mass is 9.77. The second-order valence-corrected chi connectivity index (χ2v) is 8.12. The molecule has 6 heteroatoms. The number of aryl methyl sites for hydroxylation is 2. The zero-order valence-electron chi connectivity index (χ0n) is 16.5. The van der Waals surface area contributed by atoms with E-state index in [1.54, 1.807) is 6.20 Å². The number of piperidine rings is 1. The van der Waals surface area contributed by atoms with Crippen molar-refractivity contribution in [2.45, 2.75) is 39.7 Å². The van der Waals surface area contributed by atoms with Crippen molar-refractivity contribution in [3.8, 4) is 0 Å². The van der Waals surface area contributed by atoms with Gasteiger partial charge in [0.15, 0.2) is 0 Å². The molecular formula is C22H26N4O2. The predicted octanol–water partition coefficient (Wildman–Crippen LogP) is 2.75. The highest BCUT2D eigenvalue weighted by Crippen LogP contribution is 2.41. The molecule has 2 aliphatic heterocycles. The number of carbonyl (C=O) groups excluding carboxylic acids is 2. The fourth-order valence-corrected chi connectivity index (χ4v) is 4.41. The summed E-state index contributed by atoms with van der Waals surface area (Å²) in [6, 6.07) is 10.1. The Balaban J connectivity index is 1.39. The highest BCUT2D eigenvalue weighted by atomic mass is 16.2. The van der Waals surface area contributed by atoms with Crippen molar-refractivity contribution in [3.05, 3.63) is 59.2 Å². The highest BCUT2D eigenvalue weighted by Gasteiger charge is 2.45. The third-order valence-corrected chi connectivity index (χ3v) is 6.06. The Bertz CT molecular complexity index is 889. The van der Waals surface area contributed by atoms with Crippen LogP contribution in [0.15, 0.2) is 36.5 Å². The summed E-state index contributed by atoms with van der Waals surface area (Å²) in [4.78, 5) is 37.8. The van der Waals surface area contributed by atoms with Gasteiger partial charge in [0.25, 0.3) is 5.91 Å². The molecule has 2 saturated heterocycles. The summed E-state index contributed by atoms with van der Waals surface area (Å²) >= 11 is 0. The van der Waals surface area contributed by atoms with E-state index in [4.69, 9.17) is 0 Å². The van der Waals surface area contributed by atoms with Gasteiger partial charge in [-0.05, 0) is 32.3 Å². The SMILES string of the molecule is Cc1ncc(C(=O)N2CCC3(CC2)CC(=O)N(Cc2ccccc2)C3)c(C)n1. The molecule has 3 heterocycles. The molecule has 1 spiro atoms. The molecule has 4 rings (SSSR count). The van der Waals surface area contributed by atoms with Crippen LogP contribution in [0, 0.1) is 19.3 Å². The van der Waals surface area contributed by atoms with Gasteiger partial charge in [-0.1, -0.05) is 30.3 Å². The smallest absolute Gasteiger partial charge is 0.257 e. The number of benzene rings is 1. The van der Waals surface area contributed by atoms with Gasteiger partial charge in [-0.15, -0.1) is 0 Å². The molecule has 0 unspecified atom stereocenters. The molecule has 0 saturated carbocycles. The summed E-state index contributed by atoms with van der Waals surface area (Å²) in [5, 5.41) is 0. The van der Waals surface area contributed by atoms with Crippen LogP contribution in [0.3, 0.4) is 0 Å². The van der Waals surface area contributed by atoms with Gasteiger partial charge in [-0.3, -0.25) is 9.59 Å². The fraction of sp³-hybridized carbons (Fsp3) is 0.455. The van der Waals surface area contributed by atoms with Crippen LogP contribution in [0.4, 0.5) is 0 Å². The molecule has 6 nitrogen and oxygen atoms in total. The van der Waals surface area contributed by atoms with E-state index in [0.717, 1.165) is 30.6 Å². The zero-order chi connectivity index (χ0) is 19.7. The van der Waals surface area contributed by atoms with Crippen molar-refractivity contribution in [1.29, 1.82) is 0 Å². The van der Waals surface area contributed by atoms with Gasteiger partial charge >= 0.3 is 0 Å². The third kappa shape index (κ3) is 3.63. The first-order valence-electron chi connectivity index (χ1n) is 9.87. The second kappa shape index (κ2) is 7.34. The van der Waals surface area contributed by atoms with E-state index in [2.05, 4.69) is 22.1 Å². The Morgan fingerprint density at radius 2 is 1.86 bits per heavy atom. The first-order chi connectivity index (χ1) is 13.5. The van der Waals surface area contributed by atoms with Gasteiger partial charge in [-0.25, -0.2) is 9.97 Å². The summed E-state index contributed by atoms with van der Waals surface area (Å²) < 4.78 is 0. The molecular weight excluding hydrogens is 352 g/mol. The van der Waals surface area contributed by atoms with E-state index in [9.17, 15) is 9.59 Å². The van der Waals surface area contributed by atoms with E-state index < -0.39 is 0 Å². The van der Waals surface area contributed by atoms with Crippen molar-refractivity contribution < 1.29 is 9.59 Å². The average molecular weight is 378 g/mol. The monoisotopic (exact) mass is 378 g/mol. The Morgan fingerprint density at radius 3 is 2.54 bits per heavy atom. The maximum Gasteiger partial charge on any atom is 0.257 e. The first kappa shape index (κ1) is 18.6. The molecule has 146 valence electrons. The second-order valence-electron chi connectivity index (χ2n) is 8.12. The van der Waals surface area contributed by atoms with Crippen LogP contribution in [0.1, 0.15) is 46.7 Å². The number of rotatable bonds is 3. The van der Waals surface area contributed by atoms with Crippen molar-refractivity contribution in [2.24, 2.45) is 5.41 Å². The van der Waals surface area contributed by atoms with Gasteiger partial charge in [0.05, 0.1) is 11.3 Å². The van der Waals surface area contributed by atoms with Gasteiger partial charge in [0.1, 0.15) is 5.82 Å². The molecule has 2 aliphatic rings. The molecule has 1 aromatic carbocycles. The maximum absolute atomic E-state index is 12.9. The minimum Gasteiger partial charge on any atom is -0.338 e. The molecule has 2 amide bonds. The van der Waals surface area contributed by atoms with Crippen LogP contribution in [-0.2, 0) is 11.3 Å². The van der Waals surface area contributed by atoms with Gasteiger partial charge in [0.2, 0.25) is 5.91 Å².